The fourth-order valence-electron chi connectivity index (χ4n) is 2.02. The van der Waals surface area contributed by atoms with Crippen molar-refractivity contribution in [3.63, 3.8) is 0 Å². The number of anilines is 1. The van der Waals surface area contributed by atoms with Gasteiger partial charge in [-0.2, -0.15) is 10.2 Å². The molecule has 82 valence electrons. The van der Waals surface area contributed by atoms with E-state index < -0.39 is 0 Å². The number of fused-ring (bicyclic) bond motifs is 1. The lowest BCUT2D eigenvalue weighted by molar-refractivity contribution is 0.630. The number of nitrogens with one attached hydrogen (secondary N) is 1. The molecule has 1 aromatic heterocycles. The van der Waals surface area contributed by atoms with Crippen molar-refractivity contribution in [2.75, 3.05) is 5.32 Å². The maximum Gasteiger partial charge on any atom is 0.0950 e. The lowest BCUT2D eigenvalue weighted by atomic mass is 10.1. The number of rotatable bonds is 2. The first-order chi connectivity index (χ1) is 7.67. The first-order valence-corrected chi connectivity index (χ1v) is 5.64. The molecular formula is C13H15N3. The van der Waals surface area contributed by atoms with Crippen LogP contribution in [0.3, 0.4) is 0 Å². The quantitative estimate of drug-likeness (QED) is 0.833. The Hall–Kier alpha value is -1.64. The van der Waals surface area contributed by atoms with Gasteiger partial charge in [0.25, 0.3) is 0 Å². The second kappa shape index (κ2) is 3.17. The van der Waals surface area contributed by atoms with E-state index in [1.54, 1.807) is 0 Å². The summed E-state index contributed by atoms with van der Waals surface area (Å²) in [4.78, 5) is 0. The number of nitrogens with zero attached hydrogens (tertiary/aromatic N) is 2. The van der Waals surface area contributed by atoms with Crippen molar-refractivity contribution in [1.82, 2.24) is 10.2 Å². The highest BCUT2D eigenvalue weighted by Crippen LogP contribution is 2.46. The molecule has 1 aromatic carbocycles. The van der Waals surface area contributed by atoms with Crippen LogP contribution < -0.4 is 5.32 Å². The Balaban J connectivity index is 1.98. The summed E-state index contributed by atoms with van der Waals surface area (Å²) in [5.74, 6) is 0. The van der Waals surface area contributed by atoms with E-state index in [-0.39, 0.29) is 0 Å². The van der Waals surface area contributed by atoms with Crippen LogP contribution in [0.2, 0.25) is 0 Å². The van der Waals surface area contributed by atoms with Crippen LogP contribution in [0.15, 0.2) is 30.5 Å². The van der Waals surface area contributed by atoms with E-state index in [1.807, 2.05) is 24.4 Å². The van der Waals surface area contributed by atoms with Crippen molar-refractivity contribution in [2.45, 2.75) is 26.3 Å². The van der Waals surface area contributed by atoms with Gasteiger partial charge in [-0.25, -0.2) is 0 Å². The molecule has 0 radical (unpaired) electrons. The van der Waals surface area contributed by atoms with Crippen molar-refractivity contribution in [2.24, 2.45) is 5.41 Å². The highest BCUT2D eigenvalue weighted by molar-refractivity contribution is 5.90. The Morgan fingerprint density at radius 1 is 1.31 bits per heavy atom. The number of hydrogen-bond donors (Lipinski definition) is 1. The molecule has 0 aliphatic heterocycles. The van der Waals surface area contributed by atoms with Crippen molar-refractivity contribution in [1.29, 1.82) is 0 Å². The predicted molar refractivity (Wildman–Crippen MR) is 65.3 cm³/mol. The minimum Gasteiger partial charge on any atom is -0.380 e. The molecule has 1 fully saturated rings. The molecule has 0 bridgehead atoms. The molecule has 3 heteroatoms. The zero-order valence-electron chi connectivity index (χ0n) is 9.57. The van der Waals surface area contributed by atoms with Crippen molar-refractivity contribution in [3.8, 4) is 0 Å². The van der Waals surface area contributed by atoms with Gasteiger partial charge in [0.15, 0.2) is 0 Å². The highest BCUT2D eigenvalue weighted by Gasteiger charge is 2.45. The largest absolute Gasteiger partial charge is 0.380 e. The van der Waals surface area contributed by atoms with Gasteiger partial charge >= 0.3 is 0 Å². The normalized spacial score (nSPS) is 22.0. The van der Waals surface area contributed by atoms with Crippen LogP contribution >= 0.6 is 0 Å². The van der Waals surface area contributed by atoms with Crippen molar-refractivity contribution >= 4 is 16.6 Å². The fourth-order valence-corrected chi connectivity index (χ4v) is 2.02. The lowest BCUT2D eigenvalue weighted by Gasteiger charge is -2.09. The third-order valence-electron chi connectivity index (χ3n) is 3.39. The molecule has 3 nitrogen and oxygen atoms in total. The summed E-state index contributed by atoms with van der Waals surface area (Å²) in [5, 5.41) is 12.8. The van der Waals surface area contributed by atoms with Gasteiger partial charge in [-0.05, 0) is 17.9 Å². The summed E-state index contributed by atoms with van der Waals surface area (Å²) in [6.07, 6.45) is 3.04. The molecule has 0 spiro atoms. The molecule has 2 aromatic rings. The van der Waals surface area contributed by atoms with E-state index in [9.17, 15) is 0 Å². The SMILES string of the molecule is CC1(C)CC1Nc1cnnc2ccccc12. The summed E-state index contributed by atoms with van der Waals surface area (Å²) < 4.78 is 0. The van der Waals surface area contributed by atoms with Crippen LogP contribution in [0, 0.1) is 5.41 Å². The summed E-state index contributed by atoms with van der Waals surface area (Å²) >= 11 is 0. The third-order valence-corrected chi connectivity index (χ3v) is 3.39. The first kappa shape index (κ1) is 9.58. The molecule has 1 aliphatic rings. The van der Waals surface area contributed by atoms with Crippen LogP contribution in [0.1, 0.15) is 20.3 Å². The van der Waals surface area contributed by atoms with Gasteiger partial charge in [-0.15, -0.1) is 0 Å². The van der Waals surface area contributed by atoms with Gasteiger partial charge in [0.05, 0.1) is 17.4 Å². The molecule has 1 aliphatic carbocycles. The number of aromatic nitrogens is 2. The van der Waals surface area contributed by atoms with E-state index in [1.165, 1.54) is 6.42 Å². The van der Waals surface area contributed by atoms with Crippen molar-refractivity contribution in [3.05, 3.63) is 30.5 Å². The van der Waals surface area contributed by atoms with Gasteiger partial charge in [0.2, 0.25) is 0 Å². The topological polar surface area (TPSA) is 37.8 Å². The molecule has 1 saturated carbocycles. The Morgan fingerprint density at radius 3 is 2.81 bits per heavy atom. The minimum atomic E-state index is 0.421. The standard InChI is InChI=1S/C13H15N3/c1-13(2)7-12(13)15-11-8-14-16-10-6-4-3-5-9(10)11/h3-6,8,12H,7H2,1-2H3,(H,15,16). The Morgan fingerprint density at radius 2 is 2.06 bits per heavy atom. The zero-order valence-corrected chi connectivity index (χ0v) is 9.57. The molecule has 3 rings (SSSR count). The number of hydrogen-bond acceptors (Lipinski definition) is 3. The molecule has 16 heavy (non-hydrogen) atoms. The van der Waals surface area contributed by atoms with Crippen LogP contribution in [0.4, 0.5) is 5.69 Å². The first-order valence-electron chi connectivity index (χ1n) is 5.64. The van der Waals surface area contributed by atoms with E-state index >= 15 is 0 Å². The summed E-state index contributed by atoms with van der Waals surface area (Å²) in [6, 6.07) is 8.67. The van der Waals surface area contributed by atoms with Crippen LogP contribution in [-0.2, 0) is 0 Å². The third kappa shape index (κ3) is 1.52. The van der Waals surface area contributed by atoms with E-state index in [2.05, 4.69) is 35.4 Å². The second-order valence-electron chi connectivity index (χ2n) is 5.17. The Labute approximate surface area is 94.9 Å². The molecular weight excluding hydrogens is 198 g/mol. The van der Waals surface area contributed by atoms with Crippen LogP contribution in [0.25, 0.3) is 10.9 Å². The second-order valence-corrected chi connectivity index (χ2v) is 5.17. The number of benzene rings is 1. The van der Waals surface area contributed by atoms with Gasteiger partial charge < -0.3 is 5.32 Å². The van der Waals surface area contributed by atoms with Gasteiger partial charge in [-0.3, -0.25) is 0 Å². The van der Waals surface area contributed by atoms with Gasteiger partial charge in [-0.1, -0.05) is 32.0 Å². The summed E-state index contributed by atoms with van der Waals surface area (Å²) in [7, 11) is 0. The average Bonchev–Trinajstić information content (AvgIpc) is 2.87. The predicted octanol–water partition coefficient (Wildman–Crippen LogP) is 2.84. The smallest absolute Gasteiger partial charge is 0.0950 e. The van der Waals surface area contributed by atoms with Crippen LogP contribution in [-0.4, -0.2) is 16.2 Å². The Kier molecular flexibility index (Phi) is 1.90. The molecule has 1 unspecified atom stereocenters. The molecule has 0 amide bonds. The van der Waals surface area contributed by atoms with Crippen molar-refractivity contribution < 1.29 is 0 Å². The molecule has 1 heterocycles. The zero-order chi connectivity index (χ0) is 11.2. The average molecular weight is 213 g/mol. The minimum absolute atomic E-state index is 0.421. The monoisotopic (exact) mass is 213 g/mol. The van der Waals surface area contributed by atoms with Gasteiger partial charge in [0, 0.05) is 11.4 Å². The highest BCUT2D eigenvalue weighted by atomic mass is 15.1. The molecule has 0 saturated heterocycles. The maximum absolute atomic E-state index is 4.12. The van der Waals surface area contributed by atoms with E-state index in [0.717, 1.165) is 16.6 Å². The van der Waals surface area contributed by atoms with E-state index in [0.29, 0.717) is 11.5 Å². The fraction of sp³-hybridized carbons (Fsp3) is 0.385. The summed E-state index contributed by atoms with van der Waals surface area (Å²) in [5.41, 5.74) is 2.47. The molecule has 1 atom stereocenters. The molecule has 1 N–H and O–H groups in total. The summed E-state index contributed by atoms with van der Waals surface area (Å²) in [6.45, 7) is 4.56. The van der Waals surface area contributed by atoms with E-state index in [4.69, 9.17) is 0 Å². The lowest BCUT2D eigenvalue weighted by Crippen LogP contribution is -2.09. The van der Waals surface area contributed by atoms with Crippen LogP contribution in [0.5, 0.6) is 0 Å². The van der Waals surface area contributed by atoms with Gasteiger partial charge in [0.1, 0.15) is 0 Å². The maximum atomic E-state index is 4.12. The Bertz CT molecular complexity index is 528.